The zero-order valence-corrected chi connectivity index (χ0v) is 7.11. The van der Waals surface area contributed by atoms with Crippen LogP contribution in [0.1, 0.15) is 24.8 Å². The summed E-state index contributed by atoms with van der Waals surface area (Å²) in [5.74, 6) is 0. The number of aromatic nitrogens is 1. The van der Waals surface area contributed by atoms with Crippen molar-refractivity contribution in [2.24, 2.45) is 0 Å². The molecule has 0 amide bonds. The van der Waals surface area contributed by atoms with Crippen molar-refractivity contribution in [2.75, 3.05) is 0 Å². The van der Waals surface area contributed by atoms with Crippen LogP contribution in [-0.4, -0.2) is 11.2 Å². The Labute approximate surface area is 73.2 Å². The molecular formula is C10H13N2. The lowest BCUT2D eigenvalue weighted by molar-refractivity contribution is 0.766. The Morgan fingerprint density at radius 3 is 2.67 bits per heavy atom. The van der Waals surface area contributed by atoms with E-state index >= 15 is 0 Å². The van der Waals surface area contributed by atoms with Gasteiger partial charge >= 0.3 is 0 Å². The molecule has 1 heterocycles. The molecule has 0 aliphatic carbocycles. The average Bonchev–Trinajstić information content (AvgIpc) is 2.14. The van der Waals surface area contributed by atoms with Gasteiger partial charge in [0.1, 0.15) is 0 Å². The van der Waals surface area contributed by atoms with Gasteiger partial charge in [-0.3, -0.25) is 4.98 Å². The van der Waals surface area contributed by atoms with Crippen LogP contribution in [0, 0.1) is 0 Å². The second-order valence-electron chi connectivity index (χ2n) is 2.78. The molecular weight excluding hydrogens is 148 g/mol. The van der Waals surface area contributed by atoms with Crippen molar-refractivity contribution in [3.05, 3.63) is 30.1 Å². The molecule has 1 aromatic heterocycles. The fraction of sp³-hybridized carbons (Fsp3) is 0.400. The maximum atomic E-state index is 8.43. The number of nitrogens with zero attached hydrogens (tertiary/aromatic N) is 2. The highest BCUT2D eigenvalue weighted by Crippen LogP contribution is 2.03. The quantitative estimate of drug-likeness (QED) is 0.478. The predicted molar refractivity (Wildman–Crippen MR) is 50.0 cm³/mol. The van der Waals surface area contributed by atoms with E-state index < -0.39 is 0 Å². The van der Waals surface area contributed by atoms with E-state index in [0.717, 1.165) is 25.7 Å². The Balaban J connectivity index is 2.20. The molecule has 12 heavy (non-hydrogen) atoms. The van der Waals surface area contributed by atoms with Gasteiger partial charge in [-0.2, -0.15) is 5.41 Å². The van der Waals surface area contributed by atoms with Crippen LogP contribution >= 0.6 is 0 Å². The fourth-order valence-corrected chi connectivity index (χ4v) is 1.11. The molecule has 2 heteroatoms. The molecule has 63 valence electrons. The lowest BCUT2D eigenvalue weighted by atomic mass is 10.1. The van der Waals surface area contributed by atoms with Gasteiger partial charge in [0.2, 0.25) is 0 Å². The minimum atomic E-state index is 0.797. The van der Waals surface area contributed by atoms with E-state index in [9.17, 15) is 0 Å². The summed E-state index contributed by atoms with van der Waals surface area (Å²) in [7, 11) is 0. The monoisotopic (exact) mass is 161 g/mol. The molecule has 0 spiro atoms. The molecule has 1 radical (unpaired) electrons. The summed E-state index contributed by atoms with van der Waals surface area (Å²) in [5, 5.41) is 8.43. The van der Waals surface area contributed by atoms with Crippen molar-refractivity contribution < 1.29 is 0 Å². The summed E-state index contributed by atoms with van der Waals surface area (Å²) in [6, 6.07) is 4.06. The Bertz CT molecular complexity index is 219. The first-order valence-corrected chi connectivity index (χ1v) is 4.28. The SMILES string of the molecule is [N]=CCCCCc1ccncc1. The van der Waals surface area contributed by atoms with Crippen molar-refractivity contribution >= 4 is 6.21 Å². The Hall–Kier alpha value is -1.18. The number of aryl methyl sites for hydroxylation is 1. The summed E-state index contributed by atoms with van der Waals surface area (Å²) in [6.07, 6.45) is 8.91. The van der Waals surface area contributed by atoms with Crippen LogP contribution in [0.5, 0.6) is 0 Å². The minimum Gasteiger partial charge on any atom is -0.265 e. The van der Waals surface area contributed by atoms with Crippen LogP contribution in [0.4, 0.5) is 0 Å². The van der Waals surface area contributed by atoms with Gasteiger partial charge in [0, 0.05) is 18.6 Å². The van der Waals surface area contributed by atoms with Crippen LogP contribution in [0.25, 0.3) is 0 Å². The smallest absolute Gasteiger partial charge is 0.0270 e. The third-order valence-corrected chi connectivity index (χ3v) is 1.80. The van der Waals surface area contributed by atoms with Crippen molar-refractivity contribution in [1.29, 1.82) is 0 Å². The second kappa shape index (κ2) is 5.47. The van der Waals surface area contributed by atoms with Gasteiger partial charge in [0.15, 0.2) is 0 Å². The highest BCUT2D eigenvalue weighted by Gasteiger charge is 1.90. The number of hydrogen-bond donors (Lipinski definition) is 0. The number of rotatable bonds is 5. The molecule has 0 atom stereocenters. The molecule has 0 bridgehead atoms. The summed E-state index contributed by atoms with van der Waals surface area (Å²) in [4.78, 5) is 3.94. The maximum absolute atomic E-state index is 8.43. The third kappa shape index (κ3) is 3.28. The Kier molecular flexibility index (Phi) is 4.06. The molecule has 0 fully saturated rings. The normalized spacial score (nSPS) is 9.67. The van der Waals surface area contributed by atoms with E-state index in [2.05, 4.69) is 4.98 Å². The van der Waals surface area contributed by atoms with Crippen LogP contribution in [0.15, 0.2) is 24.5 Å². The predicted octanol–water partition coefficient (Wildman–Crippen LogP) is 1.67. The van der Waals surface area contributed by atoms with E-state index in [1.807, 2.05) is 24.5 Å². The molecule has 0 aliphatic rings. The fourth-order valence-electron chi connectivity index (χ4n) is 1.11. The summed E-state index contributed by atoms with van der Waals surface area (Å²) < 4.78 is 0. The molecule has 0 saturated heterocycles. The second-order valence-corrected chi connectivity index (χ2v) is 2.78. The van der Waals surface area contributed by atoms with E-state index in [1.54, 1.807) is 0 Å². The molecule has 0 aliphatic heterocycles. The van der Waals surface area contributed by atoms with Crippen molar-refractivity contribution in [3.8, 4) is 0 Å². The molecule has 2 nitrogen and oxygen atoms in total. The first kappa shape index (κ1) is 8.91. The zero-order valence-electron chi connectivity index (χ0n) is 7.11. The Morgan fingerprint density at radius 1 is 1.25 bits per heavy atom. The lowest BCUT2D eigenvalue weighted by Gasteiger charge is -1.97. The summed E-state index contributed by atoms with van der Waals surface area (Å²) in [5.41, 5.74) is 1.32. The lowest BCUT2D eigenvalue weighted by Crippen LogP contribution is -1.86. The number of pyridine rings is 1. The van der Waals surface area contributed by atoms with Crippen molar-refractivity contribution in [2.45, 2.75) is 25.7 Å². The zero-order chi connectivity index (χ0) is 8.65. The van der Waals surface area contributed by atoms with Crippen LogP contribution in [0.3, 0.4) is 0 Å². The summed E-state index contributed by atoms with van der Waals surface area (Å²) in [6.45, 7) is 0. The van der Waals surface area contributed by atoms with Crippen LogP contribution in [-0.2, 0) is 6.42 Å². The standard InChI is InChI=1S/C10H13N2/c11-7-3-1-2-4-10-5-8-12-9-6-10/h5-9H,1-4H2. The molecule has 0 N–H and O–H groups in total. The van der Waals surface area contributed by atoms with Gasteiger partial charge in [-0.15, -0.1) is 0 Å². The van der Waals surface area contributed by atoms with Crippen molar-refractivity contribution in [1.82, 2.24) is 10.4 Å². The molecule has 1 rings (SSSR count). The third-order valence-electron chi connectivity index (χ3n) is 1.80. The van der Waals surface area contributed by atoms with E-state index in [1.165, 1.54) is 11.8 Å². The first-order chi connectivity index (χ1) is 5.93. The average molecular weight is 161 g/mol. The van der Waals surface area contributed by atoms with Gasteiger partial charge in [-0.1, -0.05) is 0 Å². The Morgan fingerprint density at radius 2 is 2.00 bits per heavy atom. The highest BCUT2D eigenvalue weighted by molar-refractivity contribution is 5.53. The molecule has 1 aromatic rings. The van der Waals surface area contributed by atoms with Crippen LogP contribution < -0.4 is 5.41 Å². The van der Waals surface area contributed by atoms with E-state index in [4.69, 9.17) is 5.41 Å². The van der Waals surface area contributed by atoms with Gasteiger partial charge in [-0.05, 0) is 43.4 Å². The first-order valence-electron chi connectivity index (χ1n) is 4.28. The van der Waals surface area contributed by atoms with Crippen molar-refractivity contribution in [3.63, 3.8) is 0 Å². The number of hydrogen-bond acceptors (Lipinski definition) is 1. The topological polar surface area (TPSA) is 35.2 Å². The van der Waals surface area contributed by atoms with E-state index in [-0.39, 0.29) is 0 Å². The molecule has 0 saturated carbocycles. The minimum absolute atomic E-state index is 0.797. The van der Waals surface area contributed by atoms with Gasteiger partial charge in [-0.25, -0.2) is 0 Å². The van der Waals surface area contributed by atoms with Gasteiger partial charge < -0.3 is 0 Å². The van der Waals surface area contributed by atoms with Gasteiger partial charge in [0.25, 0.3) is 0 Å². The molecule has 0 unspecified atom stereocenters. The summed E-state index contributed by atoms with van der Waals surface area (Å²) >= 11 is 0. The molecule has 0 aromatic carbocycles. The maximum Gasteiger partial charge on any atom is 0.0270 e. The largest absolute Gasteiger partial charge is 0.265 e. The van der Waals surface area contributed by atoms with E-state index in [0.29, 0.717) is 0 Å². The van der Waals surface area contributed by atoms with Crippen LogP contribution in [0.2, 0.25) is 0 Å². The highest BCUT2D eigenvalue weighted by atomic mass is 14.6. The number of unbranched alkanes of at least 4 members (excludes halogenated alkanes) is 2. The van der Waals surface area contributed by atoms with Gasteiger partial charge in [0.05, 0.1) is 0 Å².